The third-order valence-electron chi connectivity index (χ3n) is 2.16. The van der Waals surface area contributed by atoms with Gasteiger partial charge in [0.15, 0.2) is 0 Å². The lowest BCUT2D eigenvalue weighted by Crippen LogP contribution is -2.18. The molecule has 0 bridgehead atoms. The quantitative estimate of drug-likeness (QED) is 0.594. The topological polar surface area (TPSA) is 51.8 Å². The van der Waals surface area contributed by atoms with Gasteiger partial charge in [-0.15, -0.1) is 0 Å². The van der Waals surface area contributed by atoms with E-state index in [0.717, 1.165) is 30.5 Å². The van der Waals surface area contributed by atoms with Gasteiger partial charge < -0.3 is 5.73 Å². The molecule has 3 nitrogen and oxygen atoms in total. The van der Waals surface area contributed by atoms with Gasteiger partial charge in [0.2, 0.25) is 0 Å². The molecular weight excluding hydrogens is 138 g/mol. The van der Waals surface area contributed by atoms with Gasteiger partial charge >= 0.3 is 0 Å². The smallest absolute Gasteiger partial charge is 0.115 e. The highest BCUT2D eigenvalue weighted by Gasteiger charge is 2.16. The Balaban J connectivity index is 2.44. The number of rotatable bonds is 0. The van der Waals surface area contributed by atoms with Crippen molar-refractivity contribution < 1.29 is 0 Å². The molecule has 0 amide bonds. The van der Waals surface area contributed by atoms with Crippen molar-refractivity contribution in [2.45, 2.75) is 25.3 Å². The van der Waals surface area contributed by atoms with Crippen molar-refractivity contribution in [3.63, 3.8) is 0 Å². The Kier molecular flexibility index (Phi) is 1.58. The molecule has 0 aromatic carbocycles. The van der Waals surface area contributed by atoms with Crippen LogP contribution in [0.1, 0.15) is 30.1 Å². The summed E-state index contributed by atoms with van der Waals surface area (Å²) in [6, 6.07) is 0.167. The summed E-state index contributed by atoms with van der Waals surface area (Å²) >= 11 is 0. The van der Waals surface area contributed by atoms with Gasteiger partial charge in [-0.25, -0.2) is 9.97 Å². The molecule has 11 heavy (non-hydrogen) atoms. The van der Waals surface area contributed by atoms with E-state index >= 15 is 0 Å². The van der Waals surface area contributed by atoms with E-state index in [-0.39, 0.29) is 6.04 Å². The normalized spacial score (nSPS) is 22.8. The Morgan fingerprint density at radius 2 is 2.45 bits per heavy atom. The molecular formula is C8H11N3. The largest absolute Gasteiger partial charge is 0.324 e. The maximum Gasteiger partial charge on any atom is 0.115 e. The van der Waals surface area contributed by atoms with Gasteiger partial charge in [-0.1, -0.05) is 0 Å². The van der Waals surface area contributed by atoms with E-state index in [9.17, 15) is 0 Å². The molecule has 2 N–H and O–H groups in total. The fourth-order valence-corrected chi connectivity index (χ4v) is 1.53. The first kappa shape index (κ1) is 6.73. The third kappa shape index (κ3) is 1.12. The lowest BCUT2D eigenvalue weighted by atomic mass is 9.93. The highest BCUT2D eigenvalue weighted by molar-refractivity contribution is 5.22. The highest BCUT2D eigenvalue weighted by Crippen LogP contribution is 2.24. The Morgan fingerprint density at radius 3 is 3.27 bits per heavy atom. The van der Waals surface area contributed by atoms with Crippen LogP contribution in [0.2, 0.25) is 0 Å². The molecule has 0 saturated heterocycles. The summed E-state index contributed by atoms with van der Waals surface area (Å²) in [7, 11) is 0. The van der Waals surface area contributed by atoms with Crippen molar-refractivity contribution in [1.29, 1.82) is 0 Å². The van der Waals surface area contributed by atoms with E-state index < -0.39 is 0 Å². The van der Waals surface area contributed by atoms with Crippen molar-refractivity contribution in [2.75, 3.05) is 0 Å². The summed E-state index contributed by atoms with van der Waals surface area (Å²) in [6.07, 6.45) is 6.72. The maximum atomic E-state index is 5.87. The second kappa shape index (κ2) is 2.58. The lowest BCUT2D eigenvalue weighted by Gasteiger charge is -2.19. The molecule has 1 aliphatic carbocycles. The molecule has 0 fully saturated rings. The van der Waals surface area contributed by atoms with Crippen molar-refractivity contribution >= 4 is 0 Å². The maximum absolute atomic E-state index is 5.87. The van der Waals surface area contributed by atoms with E-state index in [2.05, 4.69) is 9.97 Å². The van der Waals surface area contributed by atoms with Gasteiger partial charge in [-0.05, 0) is 19.3 Å². The summed E-state index contributed by atoms with van der Waals surface area (Å²) < 4.78 is 0. The van der Waals surface area contributed by atoms with E-state index in [1.807, 2.05) is 6.20 Å². The second-order valence-corrected chi connectivity index (χ2v) is 2.92. The van der Waals surface area contributed by atoms with Gasteiger partial charge in [-0.2, -0.15) is 0 Å². The Morgan fingerprint density at radius 1 is 1.55 bits per heavy atom. The average Bonchev–Trinajstić information content (AvgIpc) is 2.06. The monoisotopic (exact) mass is 149 g/mol. The standard InChI is InChI=1S/C8H11N3/c9-7-2-1-3-8-6(7)4-10-5-11-8/h4-5,7H,1-3,9H2/t7-/m0/s1. The van der Waals surface area contributed by atoms with Gasteiger partial charge in [0.05, 0.1) is 0 Å². The van der Waals surface area contributed by atoms with Crippen LogP contribution in [0.25, 0.3) is 0 Å². The molecule has 1 aromatic heterocycles. The zero-order valence-corrected chi connectivity index (χ0v) is 6.33. The molecule has 0 unspecified atom stereocenters. The molecule has 1 aromatic rings. The Labute approximate surface area is 65.7 Å². The molecule has 0 aliphatic heterocycles. The zero-order valence-electron chi connectivity index (χ0n) is 6.33. The van der Waals surface area contributed by atoms with Crippen LogP contribution in [0.5, 0.6) is 0 Å². The first-order chi connectivity index (χ1) is 5.38. The minimum absolute atomic E-state index is 0.167. The predicted octanol–water partition coefficient (Wildman–Crippen LogP) is 0.813. The molecule has 1 atom stereocenters. The van der Waals surface area contributed by atoms with E-state index in [1.54, 1.807) is 6.33 Å². The number of nitrogens with two attached hydrogens (primary N) is 1. The van der Waals surface area contributed by atoms with Crippen molar-refractivity contribution in [2.24, 2.45) is 5.73 Å². The highest BCUT2D eigenvalue weighted by atomic mass is 14.8. The average molecular weight is 149 g/mol. The number of hydrogen-bond donors (Lipinski definition) is 1. The zero-order chi connectivity index (χ0) is 7.68. The van der Waals surface area contributed by atoms with Crippen LogP contribution in [0.4, 0.5) is 0 Å². The van der Waals surface area contributed by atoms with Crippen molar-refractivity contribution in [3.8, 4) is 0 Å². The minimum atomic E-state index is 0.167. The summed E-state index contributed by atoms with van der Waals surface area (Å²) in [4.78, 5) is 8.14. The first-order valence-electron chi connectivity index (χ1n) is 3.92. The fraction of sp³-hybridized carbons (Fsp3) is 0.500. The SMILES string of the molecule is N[C@H]1CCCc2ncncc21. The molecule has 2 rings (SSSR count). The Bertz CT molecular complexity index is 259. The van der Waals surface area contributed by atoms with Gasteiger partial charge in [0, 0.05) is 23.5 Å². The van der Waals surface area contributed by atoms with Gasteiger partial charge in [0.1, 0.15) is 6.33 Å². The number of hydrogen-bond acceptors (Lipinski definition) is 3. The molecule has 58 valence electrons. The van der Waals surface area contributed by atoms with Crippen LogP contribution < -0.4 is 5.73 Å². The van der Waals surface area contributed by atoms with Crippen LogP contribution in [-0.2, 0) is 6.42 Å². The van der Waals surface area contributed by atoms with Crippen LogP contribution in [0.3, 0.4) is 0 Å². The molecule has 1 heterocycles. The van der Waals surface area contributed by atoms with E-state index in [1.165, 1.54) is 0 Å². The summed E-state index contributed by atoms with van der Waals surface area (Å²) in [5, 5.41) is 0. The second-order valence-electron chi connectivity index (χ2n) is 2.92. The number of aryl methyl sites for hydroxylation is 1. The summed E-state index contributed by atoms with van der Waals surface area (Å²) in [6.45, 7) is 0. The fourth-order valence-electron chi connectivity index (χ4n) is 1.53. The van der Waals surface area contributed by atoms with Crippen LogP contribution in [-0.4, -0.2) is 9.97 Å². The minimum Gasteiger partial charge on any atom is -0.324 e. The van der Waals surface area contributed by atoms with Crippen LogP contribution in [0, 0.1) is 0 Å². The predicted molar refractivity (Wildman–Crippen MR) is 41.9 cm³/mol. The molecule has 0 radical (unpaired) electrons. The van der Waals surface area contributed by atoms with E-state index in [0.29, 0.717) is 0 Å². The Hall–Kier alpha value is -0.960. The number of aromatic nitrogens is 2. The molecule has 3 heteroatoms. The first-order valence-corrected chi connectivity index (χ1v) is 3.92. The van der Waals surface area contributed by atoms with E-state index in [4.69, 9.17) is 5.73 Å². The van der Waals surface area contributed by atoms with Crippen LogP contribution in [0.15, 0.2) is 12.5 Å². The number of nitrogens with zero attached hydrogens (tertiary/aromatic N) is 2. The van der Waals surface area contributed by atoms with Crippen LogP contribution >= 0.6 is 0 Å². The summed E-state index contributed by atoms with van der Waals surface area (Å²) in [5.74, 6) is 0. The van der Waals surface area contributed by atoms with Crippen molar-refractivity contribution in [3.05, 3.63) is 23.8 Å². The lowest BCUT2D eigenvalue weighted by molar-refractivity contribution is 0.556. The molecule has 1 aliphatic rings. The summed E-state index contributed by atoms with van der Waals surface area (Å²) in [5.41, 5.74) is 8.14. The van der Waals surface area contributed by atoms with Gasteiger partial charge in [-0.3, -0.25) is 0 Å². The number of fused-ring (bicyclic) bond motifs is 1. The third-order valence-corrected chi connectivity index (χ3v) is 2.16. The van der Waals surface area contributed by atoms with Crippen molar-refractivity contribution in [1.82, 2.24) is 9.97 Å². The molecule has 0 saturated carbocycles. The molecule has 0 spiro atoms. The van der Waals surface area contributed by atoms with Gasteiger partial charge in [0.25, 0.3) is 0 Å².